The molecule has 0 unspecified atom stereocenters. The van der Waals surface area contributed by atoms with E-state index in [1.807, 2.05) is 30.3 Å². The fraction of sp³-hybridized carbons (Fsp3) is 0.333. The van der Waals surface area contributed by atoms with Gasteiger partial charge >= 0.3 is 0 Å². The standard InChI is InChI=1S/C15H19N3O3S/c1-15(2,3)22(20,21)10-13(19)17-14-12(9-16-18-14)11-7-5-4-6-8-11/h4-9H,10H2,1-3H3,(H2,16,17,18,19). The Bertz CT molecular complexity index is 759. The van der Waals surface area contributed by atoms with Gasteiger partial charge in [-0.1, -0.05) is 30.3 Å². The van der Waals surface area contributed by atoms with Gasteiger partial charge in [0.1, 0.15) is 11.6 Å². The molecular weight excluding hydrogens is 302 g/mol. The molecule has 2 rings (SSSR count). The molecule has 0 saturated carbocycles. The van der Waals surface area contributed by atoms with Crippen molar-refractivity contribution >= 4 is 21.6 Å². The third kappa shape index (κ3) is 3.54. The molecule has 0 fully saturated rings. The number of aromatic amines is 1. The van der Waals surface area contributed by atoms with Gasteiger partial charge in [-0.3, -0.25) is 9.89 Å². The Morgan fingerprint density at radius 3 is 2.45 bits per heavy atom. The van der Waals surface area contributed by atoms with E-state index >= 15 is 0 Å². The molecule has 1 aromatic carbocycles. The number of anilines is 1. The second-order valence-electron chi connectivity index (χ2n) is 5.94. The van der Waals surface area contributed by atoms with Gasteiger partial charge < -0.3 is 5.32 Å². The number of aromatic nitrogens is 2. The number of rotatable bonds is 4. The van der Waals surface area contributed by atoms with Crippen molar-refractivity contribution in [3.8, 4) is 11.1 Å². The average molecular weight is 321 g/mol. The van der Waals surface area contributed by atoms with Gasteiger partial charge in [0.05, 0.1) is 10.9 Å². The second-order valence-corrected chi connectivity index (χ2v) is 8.69. The van der Waals surface area contributed by atoms with Crippen LogP contribution in [0.25, 0.3) is 11.1 Å². The van der Waals surface area contributed by atoms with Gasteiger partial charge in [0.2, 0.25) is 5.91 Å². The number of nitrogens with zero attached hydrogens (tertiary/aromatic N) is 1. The van der Waals surface area contributed by atoms with Crippen LogP contribution in [-0.2, 0) is 14.6 Å². The first-order valence-electron chi connectivity index (χ1n) is 6.81. The minimum atomic E-state index is -3.52. The fourth-order valence-electron chi connectivity index (χ4n) is 1.78. The van der Waals surface area contributed by atoms with Crippen LogP contribution in [-0.4, -0.2) is 35.0 Å². The maximum atomic E-state index is 12.1. The Morgan fingerprint density at radius 1 is 1.23 bits per heavy atom. The molecule has 2 aromatic rings. The molecule has 0 aliphatic heterocycles. The number of carbonyl (C=O) groups excluding carboxylic acids is 1. The Morgan fingerprint density at radius 2 is 1.86 bits per heavy atom. The molecule has 0 bridgehead atoms. The molecule has 118 valence electrons. The summed E-state index contributed by atoms with van der Waals surface area (Å²) in [7, 11) is -3.52. The summed E-state index contributed by atoms with van der Waals surface area (Å²) in [4.78, 5) is 12.0. The lowest BCUT2D eigenvalue weighted by Crippen LogP contribution is -2.35. The first-order chi connectivity index (χ1) is 10.2. The normalized spacial score (nSPS) is 12.1. The number of carbonyl (C=O) groups is 1. The molecule has 0 atom stereocenters. The minimum Gasteiger partial charge on any atom is -0.310 e. The van der Waals surface area contributed by atoms with Gasteiger partial charge in [-0.2, -0.15) is 5.10 Å². The Balaban J connectivity index is 2.16. The summed E-state index contributed by atoms with van der Waals surface area (Å²) in [6.45, 7) is 4.71. The first-order valence-corrected chi connectivity index (χ1v) is 8.47. The minimum absolute atomic E-state index is 0.389. The number of sulfone groups is 1. The van der Waals surface area contributed by atoms with E-state index in [9.17, 15) is 13.2 Å². The van der Waals surface area contributed by atoms with E-state index in [1.54, 1.807) is 27.0 Å². The number of benzene rings is 1. The second kappa shape index (κ2) is 5.92. The number of hydrogen-bond donors (Lipinski definition) is 2. The SMILES string of the molecule is CC(C)(C)S(=O)(=O)CC(=O)Nc1[nH]ncc1-c1ccccc1. The van der Waals surface area contributed by atoms with Crippen molar-refractivity contribution in [2.24, 2.45) is 0 Å². The number of nitrogens with one attached hydrogen (secondary N) is 2. The van der Waals surface area contributed by atoms with E-state index in [1.165, 1.54) is 0 Å². The largest absolute Gasteiger partial charge is 0.310 e. The van der Waals surface area contributed by atoms with Gasteiger partial charge in [-0.05, 0) is 26.3 Å². The molecule has 0 saturated heterocycles. The van der Waals surface area contributed by atoms with Crippen LogP contribution in [0.15, 0.2) is 36.5 Å². The van der Waals surface area contributed by atoms with Crippen molar-refractivity contribution in [2.75, 3.05) is 11.1 Å². The molecule has 1 aromatic heterocycles. The summed E-state index contributed by atoms with van der Waals surface area (Å²) < 4.78 is 23.1. The van der Waals surface area contributed by atoms with Crippen LogP contribution in [0.4, 0.5) is 5.82 Å². The zero-order valence-electron chi connectivity index (χ0n) is 12.8. The van der Waals surface area contributed by atoms with Gasteiger partial charge in [0, 0.05) is 5.56 Å². The lowest BCUT2D eigenvalue weighted by Gasteiger charge is -2.18. The van der Waals surface area contributed by atoms with Crippen molar-refractivity contribution in [3.05, 3.63) is 36.5 Å². The number of H-pyrrole nitrogens is 1. The van der Waals surface area contributed by atoms with Crippen molar-refractivity contribution in [1.29, 1.82) is 0 Å². The lowest BCUT2D eigenvalue weighted by atomic mass is 10.1. The summed E-state index contributed by atoms with van der Waals surface area (Å²) in [6.07, 6.45) is 1.59. The van der Waals surface area contributed by atoms with Gasteiger partial charge in [-0.15, -0.1) is 0 Å². The summed E-state index contributed by atoms with van der Waals surface area (Å²) in [5.41, 5.74) is 1.59. The van der Waals surface area contributed by atoms with Crippen LogP contribution in [0, 0.1) is 0 Å². The van der Waals surface area contributed by atoms with Crippen molar-refractivity contribution < 1.29 is 13.2 Å². The summed E-state index contributed by atoms with van der Waals surface area (Å²) in [5.74, 6) is -0.763. The highest BCUT2D eigenvalue weighted by atomic mass is 32.2. The Hall–Kier alpha value is -2.15. The Kier molecular flexibility index (Phi) is 4.37. The molecular formula is C15H19N3O3S. The van der Waals surface area contributed by atoms with Crippen LogP contribution < -0.4 is 5.32 Å². The molecule has 6 nitrogen and oxygen atoms in total. The molecule has 22 heavy (non-hydrogen) atoms. The predicted molar refractivity (Wildman–Crippen MR) is 86.2 cm³/mol. The summed E-state index contributed by atoms with van der Waals surface area (Å²) in [6, 6.07) is 9.40. The third-order valence-electron chi connectivity index (χ3n) is 3.24. The van der Waals surface area contributed by atoms with Gasteiger partial charge in [0.15, 0.2) is 9.84 Å². The third-order valence-corrected chi connectivity index (χ3v) is 5.75. The van der Waals surface area contributed by atoms with Gasteiger partial charge in [-0.25, -0.2) is 8.42 Å². The number of amides is 1. The quantitative estimate of drug-likeness (QED) is 0.903. The highest BCUT2D eigenvalue weighted by molar-refractivity contribution is 7.93. The fourth-order valence-corrected chi connectivity index (χ4v) is 2.63. The first kappa shape index (κ1) is 16.2. The lowest BCUT2D eigenvalue weighted by molar-refractivity contribution is -0.113. The summed E-state index contributed by atoms with van der Waals surface area (Å²) in [5, 5.41) is 9.17. The molecule has 1 heterocycles. The van der Waals surface area contributed by atoms with Gasteiger partial charge in [0.25, 0.3) is 0 Å². The van der Waals surface area contributed by atoms with E-state index in [2.05, 4.69) is 15.5 Å². The highest BCUT2D eigenvalue weighted by Crippen LogP contribution is 2.25. The molecule has 1 amide bonds. The summed E-state index contributed by atoms with van der Waals surface area (Å²) >= 11 is 0. The van der Waals surface area contributed by atoms with E-state index in [0.29, 0.717) is 11.4 Å². The van der Waals surface area contributed by atoms with E-state index < -0.39 is 26.2 Å². The molecule has 0 radical (unpaired) electrons. The van der Waals surface area contributed by atoms with Crippen molar-refractivity contribution in [2.45, 2.75) is 25.5 Å². The molecule has 0 spiro atoms. The number of hydrogen-bond acceptors (Lipinski definition) is 4. The van der Waals surface area contributed by atoms with Crippen LogP contribution in [0.1, 0.15) is 20.8 Å². The maximum absolute atomic E-state index is 12.1. The predicted octanol–water partition coefficient (Wildman–Crippen LogP) is 2.23. The van der Waals surface area contributed by atoms with E-state index in [-0.39, 0.29) is 0 Å². The molecule has 7 heteroatoms. The van der Waals surface area contributed by atoms with E-state index in [4.69, 9.17) is 0 Å². The molecule has 0 aliphatic carbocycles. The van der Waals surface area contributed by atoms with E-state index in [0.717, 1.165) is 5.56 Å². The van der Waals surface area contributed by atoms with Crippen LogP contribution >= 0.6 is 0 Å². The van der Waals surface area contributed by atoms with Crippen LogP contribution in [0.3, 0.4) is 0 Å². The van der Waals surface area contributed by atoms with Crippen LogP contribution in [0.2, 0.25) is 0 Å². The van der Waals surface area contributed by atoms with Crippen LogP contribution in [0.5, 0.6) is 0 Å². The molecule has 0 aliphatic rings. The maximum Gasteiger partial charge on any atom is 0.240 e. The Labute approximate surface area is 129 Å². The van der Waals surface area contributed by atoms with Crippen molar-refractivity contribution in [1.82, 2.24) is 10.2 Å². The monoisotopic (exact) mass is 321 g/mol. The smallest absolute Gasteiger partial charge is 0.240 e. The zero-order chi connectivity index (χ0) is 16.4. The van der Waals surface area contributed by atoms with Crippen molar-refractivity contribution in [3.63, 3.8) is 0 Å². The highest BCUT2D eigenvalue weighted by Gasteiger charge is 2.31. The zero-order valence-corrected chi connectivity index (χ0v) is 13.6. The average Bonchev–Trinajstić information content (AvgIpc) is 2.85. The topological polar surface area (TPSA) is 91.9 Å². The molecule has 2 N–H and O–H groups in total.